The van der Waals surface area contributed by atoms with Gasteiger partial charge in [0.15, 0.2) is 0 Å². The molecule has 0 radical (unpaired) electrons. The monoisotopic (exact) mass is 673 g/mol. The molecule has 1 amide bonds. The lowest BCUT2D eigenvalue weighted by atomic mass is 9.70. The van der Waals surface area contributed by atoms with Gasteiger partial charge in [-0.25, -0.2) is 18.6 Å². The Balaban J connectivity index is 1.34. The van der Waals surface area contributed by atoms with Crippen molar-refractivity contribution in [3.05, 3.63) is 76.5 Å². The van der Waals surface area contributed by atoms with Crippen LogP contribution < -0.4 is 9.64 Å². The number of ether oxygens (including phenoxy) is 2. The van der Waals surface area contributed by atoms with Gasteiger partial charge in [0, 0.05) is 43.1 Å². The molecule has 1 saturated carbocycles. The van der Waals surface area contributed by atoms with Crippen LogP contribution in [0.5, 0.6) is 5.75 Å². The van der Waals surface area contributed by atoms with E-state index in [1.54, 1.807) is 14.0 Å². The van der Waals surface area contributed by atoms with Gasteiger partial charge in [0.25, 0.3) is 5.92 Å². The Bertz CT molecular complexity index is 1680. The SMILES string of the molecule is COc1ccc(C2CC(CC(=O)O)C2)cc1-c1ccc(N2CCC2)nc1CN1C(=O)O[C@H](c2cc(C(C)(F)F)cc(C(F)(F)F)c2)[C@@H]1C. The minimum Gasteiger partial charge on any atom is -0.496 e. The molecule has 13 heteroatoms. The normalized spacial score (nSPS) is 22.6. The molecule has 1 N–H and O–H groups in total. The molecule has 3 aliphatic rings. The molecular weight excluding hydrogens is 637 g/mol. The van der Waals surface area contributed by atoms with E-state index < -0.39 is 47.4 Å². The Morgan fingerprint density at radius 1 is 1.00 bits per heavy atom. The number of amides is 1. The second-order valence-corrected chi connectivity index (χ2v) is 13.0. The number of pyridine rings is 1. The zero-order chi connectivity index (χ0) is 34.5. The van der Waals surface area contributed by atoms with Gasteiger partial charge < -0.3 is 19.5 Å². The Kier molecular flexibility index (Phi) is 8.76. The summed E-state index contributed by atoms with van der Waals surface area (Å²) in [5.74, 6) is -2.82. The Hall–Kier alpha value is -4.42. The smallest absolute Gasteiger partial charge is 0.416 e. The first-order chi connectivity index (χ1) is 22.6. The fourth-order valence-electron chi connectivity index (χ4n) is 6.74. The maximum Gasteiger partial charge on any atom is 0.416 e. The molecule has 2 aliphatic heterocycles. The van der Waals surface area contributed by atoms with Crippen molar-refractivity contribution >= 4 is 17.9 Å². The van der Waals surface area contributed by atoms with Crippen molar-refractivity contribution in [3.8, 4) is 16.9 Å². The second-order valence-electron chi connectivity index (χ2n) is 13.0. The molecule has 8 nitrogen and oxygen atoms in total. The van der Waals surface area contributed by atoms with Crippen molar-refractivity contribution in [3.63, 3.8) is 0 Å². The topological polar surface area (TPSA) is 92.2 Å². The summed E-state index contributed by atoms with van der Waals surface area (Å²) in [5.41, 5.74) is 0.663. The van der Waals surface area contributed by atoms with Gasteiger partial charge in [0.2, 0.25) is 0 Å². The number of cyclic esters (lactones) is 1. The predicted molar refractivity (Wildman–Crippen MR) is 166 cm³/mol. The van der Waals surface area contributed by atoms with Crippen LogP contribution in [0.25, 0.3) is 11.1 Å². The number of carbonyl (C=O) groups excluding carboxylic acids is 1. The van der Waals surface area contributed by atoms with Crippen LogP contribution in [0.4, 0.5) is 32.6 Å². The zero-order valence-electron chi connectivity index (χ0n) is 26.7. The Labute approximate surface area is 274 Å². The van der Waals surface area contributed by atoms with E-state index in [-0.39, 0.29) is 30.4 Å². The summed E-state index contributed by atoms with van der Waals surface area (Å²) in [7, 11) is 1.54. The molecule has 48 heavy (non-hydrogen) atoms. The number of aromatic nitrogens is 1. The maximum absolute atomic E-state index is 14.3. The first-order valence-corrected chi connectivity index (χ1v) is 15.8. The molecule has 6 rings (SSSR count). The summed E-state index contributed by atoms with van der Waals surface area (Å²) >= 11 is 0. The standard InChI is InChI=1S/C35H36F5N3O5/c1-19-32(23-14-24(34(2,36)37)17-25(15-23)35(38,39)40)48-33(46)43(19)18-28-26(6-8-30(41-28)42-9-4-10-42)27-16-21(5-7-29(27)47-3)22-11-20(12-22)13-31(44)45/h5-8,14-17,19-20,22,32H,4,9-13,18H2,1-3H3,(H,44,45)/t19-,20?,22?,32-/m0/s1. The van der Waals surface area contributed by atoms with Crippen LogP contribution in [0.1, 0.15) is 79.5 Å². The zero-order valence-corrected chi connectivity index (χ0v) is 26.7. The maximum atomic E-state index is 14.3. The highest BCUT2D eigenvalue weighted by atomic mass is 19.4. The fourth-order valence-corrected chi connectivity index (χ4v) is 6.74. The summed E-state index contributed by atoms with van der Waals surface area (Å²) in [6.07, 6.45) is -4.31. The fraction of sp³-hybridized carbons (Fsp3) is 0.457. The summed E-state index contributed by atoms with van der Waals surface area (Å²) < 4.78 is 81.0. The highest BCUT2D eigenvalue weighted by molar-refractivity contribution is 5.76. The Morgan fingerprint density at radius 2 is 1.71 bits per heavy atom. The quantitative estimate of drug-likeness (QED) is 0.217. The molecule has 3 fully saturated rings. The summed E-state index contributed by atoms with van der Waals surface area (Å²) in [6.45, 7) is 3.68. The molecule has 2 aromatic carbocycles. The molecule has 0 spiro atoms. The van der Waals surface area contributed by atoms with Gasteiger partial charge in [-0.2, -0.15) is 13.2 Å². The lowest BCUT2D eigenvalue weighted by molar-refractivity contribution is -0.139. The lowest BCUT2D eigenvalue weighted by Gasteiger charge is -2.35. The first kappa shape index (κ1) is 33.5. The number of methoxy groups -OCH3 is 1. The number of carboxylic acid groups (broad SMARTS) is 1. The molecule has 1 aliphatic carbocycles. The van der Waals surface area contributed by atoms with E-state index >= 15 is 0 Å². The van der Waals surface area contributed by atoms with Crippen molar-refractivity contribution in [1.82, 2.24) is 9.88 Å². The number of nitrogens with zero attached hydrogens (tertiary/aromatic N) is 3. The number of halogens is 5. The number of rotatable bonds is 10. The average Bonchev–Trinajstić information content (AvgIpc) is 3.25. The van der Waals surface area contributed by atoms with Gasteiger partial charge in [-0.1, -0.05) is 6.07 Å². The number of carboxylic acids is 1. The molecule has 2 saturated heterocycles. The van der Waals surface area contributed by atoms with Crippen molar-refractivity contribution in [2.75, 3.05) is 25.1 Å². The van der Waals surface area contributed by atoms with E-state index in [1.807, 2.05) is 30.3 Å². The number of hydrogen-bond acceptors (Lipinski definition) is 6. The third-order valence-corrected chi connectivity index (χ3v) is 9.65. The molecule has 3 aromatic rings. The number of alkyl halides is 5. The summed E-state index contributed by atoms with van der Waals surface area (Å²) in [4.78, 5) is 32.8. The van der Waals surface area contributed by atoms with Gasteiger partial charge in [0.1, 0.15) is 17.7 Å². The van der Waals surface area contributed by atoms with Crippen LogP contribution in [-0.2, 0) is 28.2 Å². The highest BCUT2D eigenvalue weighted by Gasteiger charge is 2.43. The van der Waals surface area contributed by atoms with E-state index in [0.717, 1.165) is 55.6 Å². The molecule has 2 atom stereocenters. The number of aliphatic carboxylic acids is 1. The minimum atomic E-state index is -4.89. The molecule has 0 unspecified atom stereocenters. The third kappa shape index (κ3) is 6.64. The van der Waals surface area contributed by atoms with Crippen LogP contribution in [-0.4, -0.2) is 53.3 Å². The van der Waals surface area contributed by atoms with Gasteiger partial charge >= 0.3 is 18.2 Å². The van der Waals surface area contributed by atoms with E-state index in [1.165, 1.54) is 4.90 Å². The largest absolute Gasteiger partial charge is 0.496 e. The van der Waals surface area contributed by atoms with E-state index in [0.29, 0.717) is 35.8 Å². The van der Waals surface area contributed by atoms with E-state index in [9.17, 15) is 31.5 Å². The number of benzene rings is 2. The van der Waals surface area contributed by atoms with Crippen LogP contribution in [0.15, 0.2) is 48.5 Å². The number of hydrogen-bond donors (Lipinski definition) is 1. The van der Waals surface area contributed by atoms with Crippen LogP contribution in [0, 0.1) is 5.92 Å². The van der Waals surface area contributed by atoms with Crippen LogP contribution in [0.3, 0.4) is 0 Å². The van der Waals surface area contributed by atoms with Crippen LogP contribution >= 0.6 is 0 Å². The summed E-state index contributed by atoms with van der Waals surface area (Å²) in [5, 5.41) is 9.17. The summed E-state index contributed by atoms with van der Waals surface area (Å²) in [6, 6.07) is 10.9. The molecule has 256 valence electrons. The van der Waals surface area contributed by atoms with Crippen molar-refractivity contribution in [1.29, 1.82) is 0 Å². The number of anilines is 1. The number of carbonyl (C=O) groups is 2. The van der Waals surface area contributed by atoms with Crippen molar-refractivity contribution in [2.45, 2.75) is 76.2 Å². The molecule has 1 aromatic heterocycles. The van der Waals surface area contributed by atoms with E-state index in [2.05, 4.69) is 4.90 Å². The highest BCUT2D eigenvalue weighted by Crippen LogP contribution is 2.46. The molecule has 3 heterocycles. The minimum absolute atomic E-state index is 0.0687. The lowest BCUT2D eigenvalue weighted by Crippen LogP contribution is -2.38. The third-order valence-electron chi connectivity index (χ3n) is 9.65. The predicted octanol–water partition coefficient (Wildman–Crippen LogP) is 8.15. The Morgan fingerprint density at radius 3 is 2.31 bits per heavy atom. The average molecular weight is 674 g/mol. The second kappa shape index (κ2) is 12.6. The van der Waals surface area contributed by atoms with Crippen LogP contribution in [0.2, 0.25) is 0 Å². The van der Waals surface area contributed by atoms with E-state index in [4.69, 9.17) is 19.6 Å². The van der Waals surface area contributed by atoms with Crippen molar-refractivity contribution < 1.29 is 46.1 Å². The van der Waals surface area contributed by atoms with Gasteiger partial charge in [-0.15, -0.1) is 0 Å². The van der Waals surface area contributed by atoms with Gasteiger partial charge in [-0.3, -0.25) is 9.69 Å². The van der Waals surface area contributed by atoms with Crippen molar-refractivity contribution in [2.24, 2.45) is 5.92 Å². The molecule has 0 bridgehead atoms. The molecular formula is C35H36F5N3O5. The first-order valence-electron chi connectivity index (χ1n) is 15.8. The van der Waals surface area contributed by atoms with Gasteiger partial charge in [0.05, 0.1) is 31.0 Å². The van der Waals surface area contributed by atoms with Gasteiger partial charge in [-0.05, 0) is 91.6 Å².